The minimum absolute atomic E-state index is 0.196. The summed E-state index contributed by atoms with van der Waals surface area (Å²) in [5.41, 5.74) is 6.70. The van der Waals surface area contributed by atoms with Gasteiger partial charge in [0.25, 0.3) is 0 Å². The fourth-order valence-electron chi connectivity index (χ4n) is 5.95. The number of benzene rings is 3. The van der Waals surface area contributed by atoms with Crippen LogP contribution in [0.5, 0.6) is 5.75 Å². The van der Waals surface area contributed by atoms with Crippen molar-refractivity contribution in [2.45, 2.75) is 32.0 Å². The highest BCUT2D eigenvalue weighted by molar-refractivity contribution is 5.83. The van der Waals surface area contributed by atoms with Crippen molar-refractivity contribution < 1.29 is 4.74 Å². The molecule has 8 nitrogen and oxygen atoms in total. The monoisotopic (exact) mass is 553 g/mol. The third-order valence-corrected chi connectivity index (χ3v) is 8.04. The number of rotatable bonds is 6. The second-order valence-electron chi connectivity index (χ2n) is 10.8. The Labute approximate surface area is 245 Å². The van der Waals surface area contributed by atoms with E-state index in [4.69, 9.17) is 15.0 Å². The summed E-state index contributed by atoms with van der Waals surface area (Å²) in [6.45, 7) is 4.26. The normalized spacial score (nSPS) is 15.1. The van der Waals surface area contributed by atoms with Gasteiger partial charge in [-0.15, -0.1) is 0 Å². The average Bonchev–Trinajstić information content (AvgIpc) is 3.32. The summed E-state index contributed by atoms with van der Waals surface area (Å²) in [6, 6.07) is 31.8. The lowest BCUT2D eigenvalue weighted by atomic mass is 10.0. The largest absolute Gasteiger partial charge is 0.491 e. The van der Waals surface area contributed by atoms with Gasteiger partial charge in [0, 0.05) is 43.0 Å². The molecule has 42 heavy (non-hydrogen) atoms. The molecule has 0 amide bonds. The van der Waals surface area contributed by atoms with Crippen LogP contribution >= 0.6 is 0 Å². The number of para-hydroxylation sites is 1. The fourth-order valence-corrected chi connectivity index (χ4v) is 5.95. The number of likely N-dealkylation sites (tertiary alicyclic amines) is 1. The van der Waals surface area contributed by atoms with Gasteiger partial charge in [-0.25, -0.2) is 15.0 Å². The van der Waals surface area contributed by atoms with Crippen LogP contribution < -0.4 is 10.1 Å². The Morgan fingerprint density at radius 3 is 2.45 bits per heavy atom. The Kier molecular flexibility index (Phi) is 7.08. The second kappa shape index (κ2) is 11.5. The summed E-state index contributed by atoms with van der Waals surface area (Å²) in [6.07, 6.45) is 3.68. The van der Waals surface area contributed by atoms with Gasteiger partial charge in [0.2, 0.25) is 5.82 Å². The van der Waals surface area contributed by atoms with Crippen LogP contribution in [0.1, 0.15) is 24.2 Å². The number of piperidine rings is 1. The van der Waals surface area contributed by atoms with Gasteiger partial charge in [-0.2, -0.15) is 5.26 Å². The molecule has 5 aromatic rings. The summed E-state index contributed by atoms with van der Waals surface area (Å²) in [5, 5.41) is 12.5. The highest BCUT2D eigenvalue weighted by Gasteiger charge is 2.25. The maximum atomic E-state index is 9.06. The molecule has 0 bridgehead atoms. The number of nitrogens with one attached hydrogen (secondary N) is 1. The highest BCUT2D eigenvalue weighted by Crippen LogP contribution is 2.40. The summed E-state index contributed by atoms with van der Waals surface area (Å²) in [7, 11) is 0. The molecular weight excluding hydrogens is 522 g/mol. The van der Waals surface area contributed by atoms with Crippen LogP contribution in [0, 0.1) is 11.3 Å². The first-order chi connectivity index (χ1) is 20.7. The van der Waals surface area contributed by atoms with E-state index >= 15 is 0 Å². The van der Waals surface area contributed by atoms with E-state index in [9.17, 15) is 0 Å². The SMILES string of the molecule is N#Cc1nccc(NC2CCN(Cc3ccc(-c4nc5n(c4-c4ccccc4)CCOc4ccccc4-5)cc3)CC2)n1. The second-order valence-corrected chi connectivity index (χ2v) is 10.8. The maximum absolute atomic E-state index is 9.06. The molecule has 1 saturated heterocycles. The van der Waals surface area contributed by atoms with Crippen molar-refractivity contribution in [1.82, 2.24) is 24.4 Å². The molecule has 3 aromatic carbocycles. The Morgan fingerprint density at radius 1 is 0.857 bits per heavy atom. The van der Waals surface area contributed by atoms with Crippen LogP contribution in [0.25, 0.3) is 33.9 Å². The summed E-state index contributed by atoms with van der Waals surface area (Å²) < 4.78 is 8.38. The molecule has 1 N–H and O–H groups in total. The van der Waals surface area contributed by atoms with Crippen molar-refractivity contribution in [3.8, 4) is 45.7 Å². The van der Waals surface area contributed by atoms with Crippen molar-refractivity contribution in [3.63, 3.8) is 0 Å². The minimum atomic E-state index is 0.196. The molecule has 0 unspecified atom stereocenters. The number of ether oxygens (including phenoxy) is 1. The van der Waals surface area contributed by atoms with Gasteiger partial charge in [0.05, 0.1) is 23.5 Å². The summed E-state index contributed by atoms with van der Waals surface area (Å²) >= 11 is 0. The smallest absolute Gasteiger partial charge is 0.234 e. The molecule has 1 fully saturated rings. The predicted octanol–water partition coefficient (Wildman–Crippen LogP) is 6.01. The summed E-state index contributed by atoms with van der Waals surface area (Å²) in [5.74, 6) is 2.74. The zero-order chi connectivity index (χ0) is 28.3. The molecule has 2 aliphatic rings. The van der Waals surface area contributed by atoms with E-state index in [0.29, 0.717) is 12.6 Å². The van der Waals surface area contributed by atoms with E-state index in [1.807, 2.05) is 30.3 Å². The Morgan fingerprint density at radius 2 is 1.64 bits per heavy atom. The van der Waals surface area contributed by atoms with Gasteiger partial charge in [0.15, 0.2) is 0 Å². The standard InChI is InChI=1S/C34H31N7O/c35-22-31-36-17-14-30(38-31)37-27-15-18-40(19-16-27)23-24-10-12-25(13-11-24)32-33(26-6-2-1-3-7-26)41-20-21-42-29-9-5-4-8-28(29)34(41)39-32/h1-14,17,27H,15-16,18-21,23H2,(H,36,37,38). The first-order valence-corrected chi connectivity index (χ1v) is 14.4. The van der Waals surface area contributed by atoms with Crippen LogP contribution in [-0.2, 0) is 13.1 Å². The predicted molar refractivity (Wildman–Crippen MR) is 163 cm³/mol. The first kappa shape index (κ1) is 25.9. The quantitative estimate of drug-likeness (QED) is 0.275. The molecular formula is C34H31N7O. The van der Waals surface area contributed by atoms with Crippen molar-refractivity contribution in [1.29, 1.82) is 5.26 Å². The molecule has 7 rings (SSSR count). The molecule has 2 aromatic heterocycles. The third kappa shape index (κ3) is 5.22. The number of imidazole rings is 1. The van der Waals surface area contributed by atoms with Gasteiger partial charge in [-0.05, 0) is 36.6 Å². The molecule has 2 aliphatic heterocycles. The lowest BCUT2D eigenvalue weighted by Crippen LogP contribution is -2.38. The van der Waals surface area contributed by atoms with E-state index < -0.39 is 0 Å². The first-order valence-electron chi connectivity index (χ1n) is 14.4. The number of nitriles is 1. The van der Waals surface area contributed by atoms with Crippen LogP contribution in [-0.4, -0.2) is 50.2 Å². The molecule has 8 heteroatoms. The molecule has 0 atom stereocenters. The topological polar surface area (TPSA) is 91.9 Å². The van der Waals surface area contributed by atoms with E-state index in [0.717, 1.165) is 84.5 Å². The van der Waals surface area contributed by atoms with E-state index in [2.05, 4.69) is 85.4 Å². The van der Waals surface area contributed by atoms with Crippen LogP contribution in [0.2, 0.25) is 0 Å². The van der Waals surface area contributed by atoms with E-state index in [1.54, 1.807) is 6.20 Å². The third-order valence-electron chi connectivity index (χ3n) is 8.04. The molecule has 0 saturated carbocycles. The van der Waals surface area contributed by atoms with Crippen LogP contribution in [0.4, 0.5) is 5.82 Å². The van der Waals surface area contributed by atoms with Crippen molar-refractivity contribution in [2.75, 3.05) is 25.0 Å². The molecule has 0 radical (unpaired) electrons. The zero-order valence-corrected chi connectivity index (χ0v) is 23.3. The number of aromatic nitrogens is 4. The Hall–Kier alpha value is -5.00. The van der Waals surface area contributed by atoms with Crippen molar-refractivity contribution in [2.24, 2.45) is 0 Å². The van der Waals surface area contributed by atoms with Gasteiger partial charge >= 0.3 is 0 Å². The number of nitrogens with zero attached hydrogens (tertiary/aromatic N) is 6. The van der Waals surface area contributed by atoms with Gasteiger partial charge in [-0.3, -0.25) is 4.90 Å². The number of fused-ring (bicyclic) bond motifs is 3. The Balaban J connectivity index is 1.09. The van der Waals surface area contributed by atoms with Crippen LogP contribution in [0.15, 0.2) is 91.1 Å². The lowest BCUT2D eigenvalue weighted by molar-refractivity contribution is 0.211. The van der Waals surface area contributed by atoms with Gasteiger partial charge < -0.3 is 14.6 Å². The van der Waals surface area contributed by atoms with E-state index in [-0.39, 0.29) is 5.82 Å². The van der Waals surface area contributed by atoms with Crippen molar-refractivity contribution in [3.05, 3.63) is 103 Å². The fraction of sp³-hybridized carbons (Fsp3) is 0.235. The van der Waals surface area contributed by atoms with Gasteiger partial charge in [-0.1, -0.05) is 66.7 Å². The molecule has 0 spiro atoms. The zero-order valence-electron chi connectivity index (χ0n) is 23.3. The van der Waals surface area contributed by atoms with Crippen molar-refractivity contribution >= 4 is 5.82 Å². The lowest BCUT2D eigenvalue weighted by Gasteiger charge is -2.32. The van der Waals surface area contributed by atoms with Gasteiger partial charge in [0.1, 0.15) is 30.1 Å². The minimum Gasteiger partial charge on any atom is -0.491 e. The number of hydrogen-bond donors (Lipinski definition) is 1. The maximum Gasteiger partial charge on any atom is 0.234 e. The average molecular weight is 554 g/mol. The molecule has 208 valence electrons. The van der Waals surface area contributed by atoms with Crippen LogP contribution in [0.3, 0.4) is 0 Å². The number of hydrogen-bond acceptors (Lipinski definition) is 7. The number of anilines is 1. The molecule has 4 heterocycles. The summed E-state index contributed by atoms with van der Waals surface area (Å²) in [4.78, 5) is 15.9. The molecule has 0 aliphatic carbocycles. The van der Waals surface area contributed by atoms with E-state index in [1.165, 1.54) is 5.56 Å². The Bertz CT molecular complexity index is 1730. The highest BCUT2D eigenvalue weighted by atomic mass is 16.5.